The molecular formula is C27H26F2N4O2. The summed E-state index contributed by atoms with van der Waals surface area (Å²) in [5, 5.41) is 4.49. The number of nitrogens with zero attached hydrogens (tertiary/aromatic N) is 2. The minimum absolute atomic E-state index is 0.0821. The van der Waals surface area contributed by atoms with Crippen molar-refractivity contribution in [1.29, 1.82) is 0 Å². The number of para-hydroxylation sites is 1. The molecule has 2 N–H and O–H groups in total. The minimum atomic E-state index is -0.493. The summed E-state index contributed by atoms with van der Waals surface area (Å²) in [5.41, 5.74) is 5.71. The first-order valence-corrected chi connectivity index (χ1v) is 11.6. The monoisotopic (exact) mass is 476 g/mol. The zero-order valence-corrected chi connectivity index (χ0v) is 19.0. The zero-order chi connectivity index (χ0) is 24.4. The van der Waals surface area contributed by atoms with E-state index in [0.29, 0.717) is 19.6 Å². The Morgan fingerprint density at radius 1 is 0.886 bits per heavy atom. The summed E-state index contributed by atoms with van der Waals surface area (Å²) < 4.78 is 26.6. The molecule has 0 bridgehead atoms. The normalized spacial score (nSPS) is 22.2. The highest BCUT2D eigenvalue weighted by molar-refractivity contribution is 5.98. The van der Waals surface area contributed by atoms with Crippen LogP contribution in [0, 0.1) is 23.5 Å². The Kier molecular flexibility index (Phi) is 6.57. The van der Waals surface area contributed by atoms with Gasteiger partial charge >= 0.3 is 0 Å². The molecule has 2 aliphatic heterocycles. The highest BCUT2D eigenvalue weighted by Crippen LogP contribution is 2.32. The maximum absolute atomic E-state index is 13.4. The molecule has 0 aliphatic carbocycles. The van der Waals surface area contributed by atoms with Crippen LogP contribution in [-0.4, -0.2) is 35.8 Å². The number of amides is 2. The third-order valence-corrected chi connectivity index (χ3v) is 6.64. The summed E-state index contributed by atoms with van der Waals surface area (Å²) in [6.07, 6.45) is 0. The lowest BCUT2D eigenvalue weighted by atomic mass is 9.83. The molecule has 0 saturated carbocycles. The van der Waals surface area contributed by atoms with E-state index in [1.165, 1.54) is 29.3 Å². The molecule has 0 aromatic heterocycles. The van der Waals surface area contributed by atoms with Gasteiger partial charge in [-0.1, -0.05) is 42.5 Å². The van der Waals surface area contributed by atoms with E-state index in [1.54, 1.807) is 24.3 Å². The molecule has 2 fully saturated rings. The van der Waals surface area contributed by atoms with Crippen LogP contribution in [0.15, 0.2) is 78.9 Å². The number of halogens is 2. The molecule has 3 aromatic rings. The Morgan fingerprint density at radius 3 is 2.17 bits per heavy atom. The topological polar surface area (TPSA) is 64.7 Å². The summed E-state index contributed by atoms with van der Waals surface area (Å²) in [4.78, 5) is 28.8. The lowest BCUT2D eigenvalue weighted by molar-refractivity contribution is -0.130. The number of carbonyl (C=O) groups is 2. The predicted molar refractivity (Wildman–Crippen MR) is 128 cm³/mol. The fraction of sp³-hybridized carbons (Fsp3) is 0.259. The number of benzene rings is 3. The molecule has 3 unspecified atom stereocenters. The van der Waals surface area contributed by atoms with Crippen molar-refractivity contribution in [2.24, 2.45) is 11.8 Å². The van der Waals surface area contributed by atoms with Gasteiger partial charge in [-0.15, -0.1) is 0 Å². The van der Waals surface area contributed by atoms with E-state index in [1.807, 2.05) is 30.3 Å². The number of hydrazine groups is 1. The van der Waals surface area contributed by atoms with E-state index in [9.17, 15) is 18.4 Å². The van der Waals surface area contributed by atoms with Gasteiger partial charge in [-0.2, -0.15) is 0 Å². The van der Waals surface area contributed by atoms with Gasteiger partial charge in [0.2, 0.25) is 11.8 Å². The van der Waals surface area contributed by atoms with Crippen molar-refractivity contribution in [3.8, 4) is 0 Å². The second-order valence-corrected chi connectivity index (χ2v) is 9.04. The van der Waals surface area contributed by atoms with Gasteiger partial charge in [-0.05, 0) is 47.5 Å². The molecule has 0 radical (unpaired) electrons. The maximum atomic E-state index is 13.4. The summed E-state index contributed by atoms with van der Waals surface area (Å²) in [6.45, 7) is 1.70. The van der Waals surface area contributed by atoms with Crippen LogP contribution in [-0.2, 0) is 22.7 Å². The molecule has 6 nitrogen and oxygen atoms in total. The molecule has 2 saturated heterocycles. The van der Waals surface area contributed by atoms with Crippen molar-refractivity contribution >= 4 is 17.5 Å². The number of fused-ring (bicyclic) bond motifs is 1. The smallest absolute Gasteiger partial charge is 0.247 e. The summed E-state index contributed by atoms with van der Waals surface area (Å²) in [5.74, 6) is -1.80. The Bertz CT molecular complexity index is 1190. The molecule has 8 heteroatoms. The van der Waals surface area contributed by atoms with Gasteiger partial charge in [0.05, 0.1) is 23.6 Å². The maximum Gasteiger partial charge on any atom is 0.247 e. The number of carbonyl (C=O) groups excluding carboxylic acids is 2. The van der Waals surface area contributed by atoms with E-state index < -0.39 is 11.8 Å². The Hall–Kier alpha value is -3.62. The molecule has 2 heterocycles. The highest BCUT2D eigenvalue weighted by Gasteiger charge is 2.50. The van der Waals surface area contributed by atoms with E-state index in [4.69, 9.17) is 0 Å². The first-order valence-electron chi connectivity index (χ1n) is 11.6. The van der Waals surface area contributed by atoms with Crippen LogP contribution >= 0.6 is 0 Å². The fourth-order valence-corrected chi connectivity index (χ4v) is 4.85. The van der Waals surface area contributed by atoms with Crippen LogP contribution in [0.2, 0.25) is 0 Å². The molecule has 5 rings (SSSR count). The molecule has 180 valence electrons. The first-order chi connectivity index (χ1) is 17.0. The van der Waals surface area contributed by atoms with Gasteiger partial charge < -0.3 is 5.32 Å². The average Bonchev–Trinajstić information content (AvgIpc) is 3.21. The molecule has 35 heavy (non-hydrogen) atoms. The van der Waals surface area contributed by atoms with Crippen molar-refractivity contribution in [2.45, 2.75) is 19.1 Å². The lowest BCUT2D eigenvalue weighted by Gasteiger charge is -2.38. The first kappa shape index (κ1) is 23.1. The number of hydrogen-bond donors (Lipinski definition) is 2. The van der Waals surface area contributed by atoms with Gasteiger partial charge in [0.25, 0.3) is 0 Å². The quantitative estimate of drug-likeness (QED) is 0.574. The van der Waals surface area contributed by atoms with Gasteiger partial charge in [0, 0.05) is 26.2 Å². The van der Waals surface area contributed by atoms with Crippen LogP contribution in [0.1, 0.15) is 11.1 Å². The molecule has 2 amide bonds. The van der Waals surface area contributed by atoms with Gasteiger partial charge in [0.1, 0.15) is 11.6 Å². The minimum Gasteiger partial charge on any atom is -0.352 e. The molecule has 0 spiro atoms. The highest BCUT2D eigenvalue weighted by atomic mass is 19.1. The largest absolute Gasteiger partial charge is 0.352 e. The van der Waals surface area contributed by atoms with E-state index in [2.05, 4.69) is 15.6 Å². The number of rotatable bonds is 6. The van der Waals surface area contributed by atoms with Crippen LogP contribution < -0.4 is 15.8 Å². The second kappa shape index (κ2) is 9.93. The SMILES string of the molecule is O=C(NCc1ccc(F)cc1)C1CN(Cc2ccc(F)cc2)CC2C(=O)N(c3ccccc3)NC12. The Morgan fingerprint density at radius 2 is 1.51 bits per heavy atom. The van der Waals surface area contributed by atoms with Crippen molar-refractivity contribution in [1.82, 2.24) is 15.6 Å². The van der Waals surface area contributed by atoms with Crippen molar-refractivity contribution in [3.63, 3.8) is 0 Å². The third kappa shape index (κ3) is 5.08. The molecule has 2 aliphatic rings. The third-order valence-electron chi connectivity index (χ3n) is 6.64. The lowest BCUT2D eigenvalue weighted by Crippen LogP contribution is -2.56. The number of likely N-dealkylation sites (tertiary alicyclic amines) is 1. The second-order valence-electron chi connectivity index (χ2n) is 9.04. The molecule has 3 atom stereocenters. The van der Waals surface area contributed by atoms with Gasteiger partial charge in [0.15, 0.2) is 0 Å². The number of anilines is 1. The van der Waals surface area contributed by atoms with Gasteiger partial charge in [-0.25, -0.2) is 19.2 Å². The summed E-state index contributed by atoms with van der Waals surface area (Å²) in [7, 11) is 0. The van der Waals surface area contributed by atoms with Crippen molar-refractivity contribution in [3.05, 3.63) is 102 Å². The molecular weight excluding hydrogens is 450 g/mol. The summed E-state index contributed by atoms with van der Waals surface area (Å²) >= 11 is 0. The zero-order valence-electron chi connectivity index (χ0n) is 19.0. The number of nitrogens with one attached hydrogen (secondary N) is 2. The number of piperidine rings is 1. The number of hydrogen-bond acceptors (Lipinski definition) is 4. The van der Waals surface area contributed by atoms with Crippen molar-refractivity contribution < 1.29 is 18.4 Å². The molecule has 3 aromatic carbocycles. The van der Waals surface area contributed by atoms with Crippen LogP contribution in [0.3, 0.4) is 0 Å². The van der Waals surface area contributed by atoms with E-state index >= 15 is 0 Å². The Labute approximate surface area is 202 Å². The van der Waals surface area contributed by atoms with Crippen LogP contribution in [0.4, 0.5) is 14.5 Å². The van der Waals surface area contributed by atoms with Crippen LogP contribution in [0.25, 0.3) is 0 Å². The van der Waals surface area contributed by atoms with E-state index in [-0.39, 0.29) is 36.0 Å². The fourth-order valence-electron chi connectivity index (χ4n) is 4.85. The van der Waals surface area contributed by atoms with Crippen LogP contribution in [0.5, 0.6) is 0 Å². The van der Waals surface area contributed by atoms with Crippen molar-refractivity contribution in [2.75, 3.05) is 18.1 Å². The Balaban J connectivity index is 1.36. The van der Waals surface area contributed by atoms with Gasteiger partial charge in [-0.3, -0.25) is 14.5 Å². The average molecular weight is 477 g/mol. The summed E-state index contributed by atoms with van der Waals surface area (Å²) in [6, 6.07) is 21.2. The predicted octanol–water partition coefficient (Wildman–Crippen LogP) is 3.25. The standard InChI is InChI=1S/C27H26F2N4O2/c28-20-10-6-18(7-11-20)14-30-26(34)23-16-32(15-19-8-12-21(29)13-9-19)17-24-25(23)31-33(27(24)35)22-4-2-1-3-5-22/h1-13,23-25,31H,14-17H2,(H,30,34). The van der Waals surface area contributed by atoms with E-state index in [0.717, 1.165) is 16.8 Å².